The summed E-state index contributed by atoms with van der Waals surface area (Å²) in [5.74, 6) is 0. The Morgan fingerprint density at radius 3 is 2.05 bits per heavy atom. The lowest BCUT2D eigenvalue weighted by Crippen LogP contribution is -2.29. The average Bonchev–Trinajstić information content (AvgIpc) is 2.17. The van der Waals surface area contributed by atoms with Gasteiger partial charge in [-0.3, -0.25) is 0 Å². The Hall–Kier alpha value is -0.530. The maximum absolute atomic E-state index is 6.50. The van der Waals surface area contributed by atoms with Crippen molar-refractivity contribution < 1.29 is 0 Å². The first-order chi connectivity index (χ1) is 8.54. The predicted molar refractivity (Wildman–Crippen MR) is 85.9 cm³/mol. The van der Waals surface area contributed by atoms with Crippen molar-refractivity contribution in [2.24, 2.45) is 10.8 Å². The van der Waals surface area contributed by atoms with E-state index in [1.54, 1.807) is 0 Å². The summed E-state index contributed by atoms with van der Waals surface area (Å²) >= 11 is 6.50. The molecule has 0 bridgehead atoms. The zero-order valence-electron chi connectivity index (χ0n) is 13.4. The highest BCUT2D eigenvalue weighted by Crippen LogP contribution is 2.36. The van der Waals surface area contributed by atoms with Gasteiger partial charge in [0.05, 0.1) is 0 Å². The first-order valence-corrected chi connectivity index (χ1v) is 7.38. The van der Waals surface area contributed by atoms with E-state index in [2.05, 4.69) is 65.1 Å². The SMILES string of the molecule is CNC(c1ccc(CC(C)(C)C)cc1Cl)C(C)(C)C. The van der Waals surface area contributed by atoms with Crippen LogP contribution in [0.25, 0.3) is 0 Å². The molecule has 2 heteroatoms. The minimum absolute atomic E-state index is 0.143. The molecule has 1 rings (SSSR count). The third-order valence-corrected chi connectivity index (χ3v) is 3.59. The van der Waals surface area contributed by atoms with Gasteiger partial charge in [0.2, 0.25) is 0 Å². The maximum atomic E-state index is 6.50. The fourth-order valence-corrected chi connectivity index (χ4v) is 2.89. The van der Waals surface area contributed by atoms with Gasteiger partial charge in [0.25, 0.3) is 0 Å². The van der Waals surface area contributed by atoms with Crippen molar-refractivity contribution in [3.05, 3.63) is 34.3 Å². The largest absolute Gasteiger partial charge is 0.313 e. The number of benzene rings is 1. The molecular weight excluding hydrogens is 254 g/mol. The Kier molecular flexibility index (Phi) is 5.08. The van der Waals surface area contributed by atoms with E-state index in [1.807, 2.05) is 7.05 Å². The van der Waals surface area contributed by atoms with Crippen LogP contribution >= 0.6 is 11.6 Å². The first kappa shape index (κ1) is 16.5. The van der Waals surface area contributed by atoms with E-state index in [0.717, 1.165) is 11.4 Å². The van der Waals surface area contributed by atoms with Gasteiger partial charge in [-0.05, 0) is 41.5 Å². The van der Waals surface area contributed by atoms with Crippen LogP contribution < -0.4 is 5.32 Å². The molecule has 0 saturated carbocycles. The van der Waals surface area contributed by atoms with Crippen LogP contribution in [0.4, 0.5) is 0 Å². The molecule has 0 heterocycles. The Labute approximate surface area is 123 Å². The lowest BCUT2D eigenvalue weighted by Gasteiger charge is -2.31. The molecule has 0 aliphatic rings. The molecule has 0 aliphatic carbocycles. The summed E-state index contributed by atoms with van der Waals surface area (Å²) in [5.41, 5.74) is 2.93. The van der Waals surface area contributed by atoms with Gasteiger partial charge in [-0.2, -0.15) is 0 Å². The number of nitrogens with one attached hydrogen (secondary N) is 1. The lowest BCUT2D eigenvalue weighted by molar-refractivity contribution is 0.287. The lowest BCUT2D eigenvalue weighted by atomic mass is 9.81. The highest BCUT2D eigenvalue weighted by molar-refractivity contribution is 6.31. The van der Waals surface area contributed by atoms with Crippen LogP contribution in [0, 0.1) is 10.8 Å². The van der Waals surface area contributed by atoms with E-state index in [0.29, 0.717) is 0 Å². The fourth-order valence-electron chi connectivity index (χ4n) is 2.58. The highest BCUT2D eigenvalue weighted by Gasteiger charge is 2.26. The normalized spacial score (nSPS) is 14.5. The summed E-state index contributed by atoms with van der Waals surface area (Å²) in [5, 5.41) is 4.25. The molecule has 0 radical (unpaired) electrons. The van der Waals surface area contributed by atoms with Crippen molar-refractivity contribution in [2.75, 3.05) is 7.05 Å². The topological polar surface area (TPSA) is 12.0 Å². The van der Waals surface area contributed by atoms with E-state index in [4.69, 9.17) is 11.6 Å². The second-order valence-electron chi connectivity index (χ2n) is 7.68. The van der Waals surface area contributed by atoms with E-state index in [1.165, 1.54) is 11.1 Å². The molecule has 0 spiro atoms. The molecule has 1 aromatic carbocycles. The van der Waals surface area contributed by atoms with Gasteiger partial charge in [0.15, 0.2) is 0 Å². The van der Waals surface area contributed by atoms with Crippen LogP contribution in [0.2, 0.25) is 5.02 Å². The van der Waals surface area contributed by atoms with Crippen LogP contribution in [-0.2, 0) is 6.42 Å². The first-order valence-electron chi connectivity index (χ1n) is 7.00. The maximum Gasteiger partial charge on any atom is 0.0456 e. The monoisotopic (exact) mass is 281 g/mol. The standard InChI is InChI=1S/C17H28ClN/c1-16(2,3)11-12-8-9-13(14(18)10-12)15(19-7)17(4,5)6/h8-10,15,19H,11H2,1-7H3. The molecule has 1 nitrogen and oxygen atoms in total. The number of hydrogen-bond donors (Lipinski definition) is 1. The second-order valence-corrected chi connectivity index (χ2v) is 8.09. The molecular formula is C17H28ClN. The van der Waals surface area contributed by atoms with Crippen LogP contribution in [0.5, 0.6) is 0 Å². The van der Waals surface area contributed by atoms with E-state index in [9.17, 15) is 0 Å². The summed E-state index contributed by atoms with van der Waals surface area (Å²) in [6.07, 6.45) is 1.05. The van der Waals surface area contributed by atoms with Gasteiger partial charge in [0, 0.05) is 11.1 Å². The van der Waals surface area contributed by atoms with Gasteiger partial charge in [-0.1, -0.05) is 65.3 Å². The van der Waals surface area contributed by atoms with Gasteiger partial charge in [-0.15, -0.1) is 0 Å². The zero-order chi connectivity index (χ0) is 14.8. The average molecular weight is 282 g/mol. The van der Waals surface area contributed by atoms with Gasteiger partial charge < -0.3 is 5.32 Å². The minimum atomic E-state index is 0.143. The van der Waals surface area contributed by atoms with Crippen molar-refractivity contribution in [3.63, 3.8) is 0 Å². The highest BCUT2D eigenvalue weighted by atomic mass is 35.5. The zero-order valence-corrected chi connectivity index (χ0v) is 14.2. The quantitative estimate of drug-likeness (QED) is 0.799. The Bertz CT molecular complexity index is 424. The molecule has 1 unspecified atom stereocenters. The summed E-state index contributed by atoms with van der Waals surface area (Å²) < 4.78 is 0. The summed E-state index contributed by atoms with van der Waals surface area (Å²) in [6.45, 7) is 13.4. The molecule has 0 aliphatic heterocycles. The van der Waals surface area contributed by atoms with Gasteiger partial charge >= 0.3 is 0 Å². The van der Waals surface area contributed by atoms with E-state index in [-0.39, 0.29) is 16.9 Å². The van der Waals surface area contributed by atoms with Gasteiger partial charge in [0.1, 0.15) is 0 Å². The van der Waals surface area contributed by atoms with Crippen molar-refractivity contribution in [1.82, 2.24) is 5.32 Å². The molecule has 0 saturated heterocycles. The van der Waals surface area contributed by atoms with Crippen LogP contribution in [-0.4, -0.2) is 7.05 Å². The van der Waals surface area contributed by atoms with Gasteiger partial charge in [-0.25, -0.2) is 0 Å². The molecule has 1 atom stereocenters. The molecule has 108 valence electrons. The molecule has 0 aromatic heterocycles. The van der Waals surface area contributed by atoms with Crippen LogP contribution in [0.3, 0.4) is 0 Å². The third kappa shape index (κ3) is 4.81. The number of halogens is 1. The number of rotatable bonds is 3. The molecule has 0 fully saturated rings. The van der Waals surface area contributed by atoms with Crippen molar-refractivity contribution in [1.29, 1.82) is 0 Å². The fraction of sp³-hybridized carbons (Fsp3) is 0.647. The second kappa shape index (κ2) is 5.85. The van der Waals surface area contributed by atoms with Crippen LogP contribution in [0.1, 0.15) is 58.7 Å². The summed E-state index contributed by atoms with van der Waals surface area (Å²) in [6, 6.07) is 6.78. The summed E-state index contributed by atoms with van der Waals surface area (Å²) in [4.78, 5) is 0. The van der Waals surface area contributed by atoms with Crippen LogP contribution in [0.15, 0.2) is 18.2 Å². The smallest absolute Gasteiger partial charge is 0.0456 e. The Balaban J connectivity index is 3.06. The van der Waals surface area contributed by atoms with E-state index < -0.39 is 0 Å². The molecule has 1 aromatic rings. The third-order valence-electron chi connectivity index (χ3n) is 3.27. The van der Waals surface area contributed by atoms with Crippen molar-refractivity contribution >= 4 is 11.6 Å². The number of hydrogen-bond acceptors (Lipinski definition) is 1. The molecule has 1 N–H and O–H groups in total. The molecule has 19 heavy (non-hydrogen) atoms. The van der Waals surface area contributed by atoms with Crippen molar-refractivity contribution in [2.45, 2.75) is 54.0 Å². The van der Waals surface area contributed by atoms with Crippen molar-refractivity contribution in [3.8, 4) is 0 Å². The minimum Gasteiger partial charge on any atom is -0.313 e. The summed E-state index contributed by atoms with van der Waals surface area (Å²) in [7, 11) is 2.00. The Morgan fingerprint density at radius 1 is 1.11 bits per heavy atom. The predicted octanol–water partition coefficient (Wildman–Crippen LogP) is 5.24. The Morgan fingerprint density at radius 2 is 1.68 bits per heavy atom. The molecule has 0 amide bonds. The van der Waals surface area contributed by atoms with E-state index >= 15 is 0 Å².